The van der Waals surface area contributed by atoms with Crippen molar-refractivity contribution < 1.29 is 14.6 Å². The van der Waals surface area contributed by atoms with Crippen molar-refractivity contribution in [1.82, 2.24) is 5.32 Å². The van der Waals surface area contributed by atoms with Crippen LogP contribution >= 0.6 is 0 Å². The molecular weight excluding hydrogens is 242 g/mol. The average molecular weight is 265 g/mol. The third-order valence-corrected chi connectivity index (χ3v) is 3.07. The first-order valence-corrected chi connectivity index (χ1v) is 6.43. The Morgan fingerprint density at radius 2 is 1.84 bits per heavy atom. The number of ether oxygens (including phenoxy) is 1. The van der Waals surface area contributed by atoms with Crippen LogP contribution in [0.15, 0.2) is 30.3 Å². The third kappa shape index (κ3) is 4.04. The zero-order chi connectivity index (χ0) is 14.5. The van der Waals surface area contributed by atoms with Gasteiger partial charge in [-0.05, 0) is 33.4 Å². The van der Waals surface area contributed by atoms with Crippen molar-refractivity contribution >= 4 is 5.97 Å². The molecule has 0 aliphatic rings. The first-order chi connectivity index (χ1) is 8.82. The lowest BCUT2D eigenvalue weighted by molar-refractivity contribution is -0.146. The molecule has 0 aliphatic carbocycles. The van der Waals surface area contributed by atoms with E-state index in [1.807, 2.05) is 51.1 Å². The summed E-state index contributed by atoms with van der Waals surface area (Å²) in [5, 5.41) is 12.5. The van der Waals surface area contributed by atoms with E-state index in [0.717, 1.165) is 5.56 Å². The number of aliphatic carboxylic acids is 1. The SMILES string of the molecule is CNC(CCOC(C)(C)C)(C(=O)O)c1ccccc1. The highest BCUT2D eigenvalue weighted by Gasteiger charge is 2.38. The first-order valence-electron chi connectivity index (χ1n) is 6.43. The maximum atomic E-state index is 11.7. The van der Waals surface area contributed by atoms with E-state index in [1.54, 1.807) is 7.05 Å². The topological polar surface area (TPSA) is 58.6 Å². The molecule has 0 bridgehead atoms. The molecule has 19 heavy (non-hydrogen) atoms. The molecule has 1 unspecified atom stereocenters. The largest absolute Gasteiger partial charge is 0.480 e. The van der Waals surface area contributed by atoms with Gasteiger partial charge < -0.3 is 15.2 Å². The average Bonchev–Trinajstić information content (AvgIpc) is 2.34. The van der Waals surface area contributed by atoms with Gasteiger partial charge in [0.25, 0.3) is 0 Å². The fraction of sp³-hybridized carbons (Fsp3) is 0.533. The summed E-state index contributed by atoms with van der Waals surface area (Å²) in [6, 6.07) is 9.20. The molecule has 1 atom stereocenters. The number of carbonyl (C=O) groups is 1. The number of carboxylic acids is 1. The van der Waals surface area contributed by atoms with Gasteiger partial charge in [-0.25, -0.2) is 4.79 Å². The molecule has 0 aromatic heterocycles. The van der Waals surface area contributed by atoms with E-state index < -0.39 is 11.5 Å². The third-order valence-electron chi connectivity index (χ3n) is 3.07. The number of hydrogen-bond donors (Lipinski definition) is 2. The quantitative estimate of drug-likeness (QED) is 0.829. The van der Waals surface area contributed by atoms with Crippen LogP contribution in [-0.4, -0.2) is 30.3 Å². The molecule has 0 aliphatic heterocycles. The van der Waals surface area contributed by atoms with Crippen molar-refractivity contribution in [3.05, 3.63) is 35.9 Å². The van der Waals surface area contributed by atoms with E-state index in [0.29, 0.717) is 13.0 Å². The summed E-state index contributed by atoms with van der Waals surface area (Å²) in [4.78, 5) is 11.7. The minimum atomic E-state index is -1.10. The van der Waals surface area contributed by atoms with Crippen LogP contribution in [0.3, 0.4) is 0 Å². The summed E-state index contributed by atoms with van der Waals surface area (Å²) in [6.45, 7) is 6.25. The van der Waals surface area contributed by atoms with Crippen LogP contribution in [0.4, 0.5) is 0 Å². The smallest absolute Gasteiger partial charge is 0.328 e. The minimum absolute atomic E-state index is 0.269. The van der Waals surface area contributed by atoms with E-state index >= 15 is 0 Å². The molecule has 4 heteroatoms. The summed E-state index contributed by atoms with van der Waals surface area (Å²) in [7, 11) is 1.66. The lowest BCUT2D eigenvalue weighted by Crippen LogP contribution is -2.48. The molecule has 106 valence electrons. The standard InChI is InChI=1S/C15H23NO3/c1-14(2,3)19-11-10-15(16-4,13(17)18)12-8-6-5-7-9-12/h5-9,16H,10-11H2,1-4H3,(H,17,18). The Hall–Kier alpha value is -1.39. The molecule has 0 heterocycles. The molecule has 0 saturated carbocycles. The second kappa shape index (κ2) is 6.17. The maximum Gasteiger partial charge on any atom is 0.328 e. The molecule has 4 nitrogen and oxygen atoms in total. The lowest BCUT2D eigenvalue weighted by atomic mass is 9.87. The van der Waals surface area contributed by atoms with Crippen molar-refractivity contribution in [2.75, 3.05) is 13.7 Å². The van der Waals surface area contributed by atoms with Crippen molar-refractivity contribution in [3.8, 4) is 0 Å². The van der Waals surface area contributed by atoms with Crippen molar-refractivity contribution in [2.24, 2.45) is 0 Å². The molecule has 1 rings (SSSR count). The maximum absolute atomic E-state index is 11.7. The number of hydrogen-bond acceptors (Lipinski definition) is 3. The Kier molecular flexibility index (Phi) is 5.09. The number of rotatable bonds is 6. The molecular formula is C15H23NO3. The number of nitrogens with one attached hydrogen (secondary N) is 1. The Labute approximate surface area is 114 Å². The van der Waals surface area contributed by atoms with Crippen LogP contribution in [0.2, 0.25) is 0 Å². The Morgan fingerprint density at radius 3 is 2.26 bits per heavy atom. The molecule has 0 spiro atoms. The summed E-state index contributed by atoms with van der Waals surface area (Å²) in [5.74, 6) is -0.890. The molecule has 2 N–H and O–H groups in total. The Morgan fingerprint density at radius 1 is 1.26 bits per heavy atom. The fourth-order valence-corrected chi connectivity index (χ4v) is 1.98. The van der Waals surface area contributed by atoms with E-state index in [1.165, 1.54) is 0 Å². The van der Waals surface area contributed by atoms with Crippen molar-refractivity contribution in [3.63, 3.8) is 0 Å². The van der Waals surface area contributed by atoms with Gasteiger partial charge in [-0.3, -0.25) is 0 Å². The van der Waals surface area contributed by atoms with Gasteiger partial charge in [0.15, 0.2) is 0 Å². The fourth-order valence-electron chi connectivity index (χ4n) is 1.98. The van der Waals surface area contributed by atoms with Crippen LogP contribution in [-0.2, 0) is 15.1 Å². The van der Waals surface area contributed by atoms with Gasteiger partial charge in [0, 0.05) is 13.0 Å². The number of likely N-dealkylation sites (N-methyl/N-ethyl adjacent to an activating group) is 1. The van der Waals surface area contributed by atoms with Gasteiger partial charge in [-0.2, -0.15) is 0 Å². The van der Waals surface area contributed by atoms with Crippen LogP contribution in [0.5, 0.6) is 0 Å². The van der Waals surface area contributed by atoms with Gasteiger partial charge in [-0.1, -0.05) is 30.3 Å². The lowest BCUT2D eigenvalue weighted by Gasteiger charge is -2.31. The van der Waals surface area contributed by atoms with Gasteiger partial charge >= 0.3 is 5.97 Å². The van der Waals surface area contributed by atoms with Crippen LogP contribution in [0.1, 0.15) is 32.8 Å². The summed E-state index contributed by atoms with van der Waals surface area (Å²) in [6.07, 6.45) is 0.375. The summed E-state index contributed by atoms with van der Waals surface area (Å²) in [5.41, 5.74) is -0.635. The molecule has 0 amide bonds. The van der Waals surface area contributed by atoms with Crippen molar-refractivity contribution in [1.29, 1.82) is 0 Å². The van der Waals surface area contributed by atoms with Gasteiger partial charge in [0.2, 0.25) is 0 Å². The highest BCUT2D eigenvalue weighted by Crippen LogP contribution is 2.26. The Bertz CT molecular complexity index is 411. The van der Waals surface area contributed by atoms with Crippen molar-refractivity contribution in [2.45, 2.75) is 38.3 Å². The highest BCUT2D eigenvalue weighted by atomic mass is 16.5. The van der Waals surface area contributed by atoms with Crippen LogP contribution < -0.4 is 5.32 Å². The van der Waals surface area contributed by atoms with Gasteiger partial charge in [0.1, 0.15) is 5.54 Å². The second-order valence-electron chi connectivity index (χ2n) is 5.54. The minimum Gasteiger partial charge on any atom is -0.480 e. The molecule has 0 fully saturated rings. The molecule has 1 aromatic rings. The van der Waals surface area contributed by atoms with Gasteiger partial charge in [-0.15, -0.1) is 0 Å². The zero-order valence-electron chi connectivity index (χ0n) is 12.1. The zero-order valence-corrected chi connectivity index (χ0v) is 12.1. The Balaban J connectivity index is 2.92. The molecule has 0 radical (unpaired) electrons. The van der Waals surface area contributed by atoms with E-state index in [2.05, 4.69) is 5.32 Å². The normalized spacial score (nSPS) is 14.9. The van der Waals surface area contributed by atoms with Crippen LogP contribution in [0.25, 0.3) is 0 Å². The van der Waals surface area contributed by atoms with E-state index in [4.69, 9.17) is 4.74 Å². The predicted octanol–water partition coefficient (Wildman–Crippen LogP) is 2.39. The number of benzene rings is 1. The van der Waals surface area contributed by atoms with E-state index in [-0.39, 0.29) is 5.60 Å². The van der Waals surface area contributed by atoms with Gasteiger partial charge in [0.05, 0.1) is 5.60 Å². The van der Waals surface area contributed by atoms with Crippen LogP contribution in [0, 0.1) is 0 Å². The predicted molar refractivity (Wildman–Crippen MR) is 75.1 cm³/mol. The van der Waals surface area contributed by atoms with E-state index in [9.17, 15) is 9.90 Å². The summed E-state index contributed by atoms with van der Waals surface area (Å²) >= 11 is 0. The highest BCUT2D eigenvalue weighted by molar-refractivity contribution is 5.80. The number of carboxylic acid groups (broad SMARTS) is 1. The molecule has 0 saturated heterocycles. The monoisotopic (exact) mass is 265 g/mol. The first kappa shape index (κ1) is 15.7. The second-order valence-corrected chi connectivity index (χ2v) is 5.54. The summed E-state index contributed by atoms with van der Waals surface area (Å²) < 4.78 is 5.66. The molecule has 1 aromatic carbocycles.